The van der Waals surface area contributed by atoms with Crippen LogP contribution in [0.5, 0.6) is 0 Å². The highest BCUT2D eigenvalue weighted by Gasteiger charge is 2.29. The second-order valence-corrected chi connectivity index (χ2v) is 4.35. The molecule has 1 fully saturated rings. The fourth-order valence-electron chi connectivity index (χ4n) is 2.37. The lowest BCUT2D eigenvalue weighted by molar-refractivity contribution is -0.134. The number of fused-ring (bicyclic) bond motifs is 1. The Labute approximate surface area is 93.6 Å². The van der Waals surface area contributed by atoms with E-state index in [9.17, 15) is 4.79 Å². The van der Waals surface area contributed by atoms with Gasteiger partial charge in [0.2, 0.25) is 5.91 Å². The van der Waals surface area contributed by atoms with Gasteiger partial charge in [-0.1, -0.05) is 0 Å². The van der Waals surface area contributed by atoms with Crippen LogP contribution in [0.4, 0.5) is 0 Å². The van der Waals surface area contributed by atoms with Crippen LogP contribution in [0.2, 0.25) is 0 Å². The van der Waals surface area contributed by atoms with Crippen molar-refractivity contribution in [3.05, 3.63) is 12.2 Å². The standard InChI is InChI=1S/C10H15N5O/c16-10(8-2-1-3-11-8)14-4-5-15-7-12-13-9(15)6-14/h7-8,11H,1-6H2/t8-/m0/s1. The molecule has 0 spiro atoms. The zero-order chi connectivity index (χ0) is 11.0. The van der Waals surface area contributed by atoms with Crippen LogP contribution in [-0.4, -0.2) is 44.7 Å². The minimum atomic E-state index is 0.0227. The topological polar surface area (TPSA) is 63.1 Å². The summed E-state index contributed by atoms with van der Waals surface area (Å²) in [5, 5.41) is 11.1. The van der Waals surface area contributed by atoms with Gasteiger partial charge in [-0.3, -0.25) is 4.79 Å². The molecule has 6 heteroatoms. The monoisotopic (exact) mass is 221 g/mol. The summed E-state index contributed by atoms with van der Waals surface area (Å²) < 4.78 is 2.01. The number of hydrogen-bond donors (Lipinski definition) is 1. The molecule has 3 heterocycles. The lowest BCUT2D eigenvalue weighted by Gasteiger charge is -2.29. The van der Waals surface area contributed by atoms with Gasteiger partial charge in [-0.05, 0) is 19.4 Å². The van der Waals surface area contributed by atoms with E-state index in [4.69, 9.17) is 0 Å². The van der Waals surface area contributed by atoms with E-state index in [1.165, 1.54) is 0 Å². The van der Waals surface area contributed by atoms with Gasteiger partial charge < -0.3 is 14.8 Å². The molecule has 16 heavy (non-hydrogen) atoms. The summed E-state index contributed by atoms with van der Waals surface area (Å²) in [4.78, 5) is 14.0. The van der Waals surface area contributed by atoms with Crippen LogP contribution in [0.15, 0.2) is 6.33 Å². The summed E-state index contributed by atoms with van der Waals surface area (Å²) in [5.41, 5.74) is 0. The molecule has 3 rings (SSSR count). The highest BCUT2D eigenvalue weighted by molar-refractivity contribution is 5.82. The maximum absolute atomic E-state index is 12.1. The average molecular weight is 221 g/mol. The highest BCUT2D eigenvalue weighted by Crippen LogP contribution is 2.14. The van der Waals surface area contributed by atoms with Crippen molar-refractivity contribution in [3.63, 3.8) is 0 Å². The fraction of sp³-hybridized carbons (Fsp3) is 0.700. The second kappa shape index (κ2) is 3.86. The predicted octanol–water partition coefficient (Wildman–Crippen LogP) is -0.628. The average Bonchev–Trinajstić information content (AvgIpc) is 2.98. The molecule has 1 saturated heterocycles. The first-order valence-electron chi connectivity index (χ1n) is 5.73. The molecule has 6 nitrogen and oxygen atoms in total. The third kappa shape index (κ3) is 1.59. The Morgan fingerprint density at radius 3 is 3.25 bits per heavy atom. The van der Waals surface area contributed by atoms with E-state index in [1.54, 1.807) is 6.33 Å². The summed E-state index contributed by atoms with van der Waals surface area (Å²) in [6.45, 7) is 3.13. The Bertz CT molecular complexity index is 396. The molecule has 1 aromatic heterocycles. The van der Waals surface area contributed by atoms with Crippen molar-refractivity contribution in [2.75, 3.05) is 13.1 Å². The Kier molecular flexibility index (Phi) is 2.36. The minimum absolute atomic E-state index is 0.0227. The summed E-state index contributed by atoms with van der Waals surface area (Å²) in [5.74, 6) is 1.10. The number of rotatable bonds is 1. The van der Waals surface area contributed by atoms with Crippen LogP contribution in [0.1, 0.15) is 18.7 Å². The van der Waals surface area contributed by atoms with Gasteiger partial charge in [-0.2, -0.15) is 0 Å². The third-order valence-corrected chi connectivity index (χ3v) is 3.31. The Morgan fingerprint density at radius 1 is 1.50 bits per heavy atom. The van der Waals surface area contributed by atoms with E-state index in [-0.39, 0.29) is 11.9 Å². The van der Waals surface area contributed by atoms with Crippen molar-refractivity contribution in [1.29, 1.82) is 0 Å². The van der Waals surface area contributed by atoms with Gasteiger partial charge in [-0.25, -0.2) is 0 Å². The molecule has 0 aromatic carbocycles. The fourth-order valence-corrected chi connectivity index (χ4v) is 2.37. The van der Waals surface area contributed by atoms with Crippen LogP contribution in [0.25, 0.3) is 0 Å². The molecule has 2 aliphatic heterocycles. The van der Waals surface area contributed by atoms with Crippen LogP contribution >= 0.6 is 0 Å². The number of nitrogens with zero attached hydrogens (tertiary/aromatic N) is 4. The van der Waals surface area contributed by atoms with E-state index in [0.717, 1.165) is 38.3 Å². The molecule has 0 aliphatic carbocycles. The molecule has 1 amide bonds. The SMILES string of the molecule is O=C([C@@H]1CCCN1)N1CCn2cnnc2C1. The molecule has 86 valence electrons. The number of amides is 1. The second-order valence-electron chi connectivity index (χ2n) is 4.35. The first-order valence-corrected chi connectivity index (χ1v) is 5.73. The smallest absolute Gasteiger partial charge is 0.240 e. The first-order chi connectivity index (χ1) is 7.84. The lowest BCUT2D eigenvalue weighted by Crippen LogP contribution is -2.46. The molecule has 1 atom stereocenters. The number of carbonyl (C=O) groups excluding carboxylic acids is 1. The predicted molar refractivity (Wildman–Crippen MR) is 56.5 cm³/mol. The minimum Gasteiger partial charge on any atom is -0.332 e. The Balaban J connectivity index is 1.71. The zero-order valence-corrected chi connectivity index (χ0v) is 9.09. The van der Waals surface area contributed by atoms with E-state index < -0.39 is 0 Å². The molecule has 1 aromatic rings. The largest absolute Gasteiger partial charge is 0.332 e. The van der Waals surface area contributed by atoms with Crippen LogP contribution < -0.4 is 5.32 Å². The molecule has 0 saturated carbocycles. The molecule has 2 aliphatic rings. The first kappa shape index (κ1) is 9.77. The van der Waals surface area contributed by atoms with Crippen molar-refractivity contribution in [1.82, 2.24) is 25.0 Å². The van der Waals surface area contributed by atoms with Gasteiger partial charge in [0.1, 0.15) is 6.33 Å². The molecule has 0 radical (unpaired) electrons. The van der Waals surface area contributed by atoms with E-state index in [2.05, 4.69) is 15.5 Å². The van der Waals surface area contributed by atoms with E-state index >= 15 is 0 Å². The van der Waals surface area contributed by atoms with Gasteiger partial charge in [0, 0.05) is 13.1 Å². The van der Waals surface area contributed by atoms with E-state index in [1.807, 2.05) is 9.47 Å². The summed E-state index contributed by atoms with van der Waals surface area (Å²) in [6, 6.07) is 0.0227. The van der Waals surface area contributed by atoms with Crippen molar-refractivity contribution >= 4 is 5.91 Å². The van der Waals surface area contributed by atoms with Crippen molar-refractivity contribution in [2.24, 2.45) is 0 Å². The molecule has 0 unspecified atom stereocenters. The Morgan fingerprint density at radius 2 is 2.44 bits per heavy atom. The van der Waals surface area contributed by atoms with Gasteiger partial charge in [0.15, 0.2) is 5.82 Å². The van der Waals surface area contributed by atoms with E-state index in [0.29, 0.717) is 6.54 Å². The lowest BCUT2D eigenvalue weighted by atomic mass is 10.2. The van der Waals surface area contributed by atoms with Crippen molar-refractivity contribution in [3.8, 4) is 0 Å². The molecular formula is C10H15N5O. The maximum Gasteiger partial charge on any atom is 0.240 e. The van der Waals surface area contributed by atoms with Crippen LogP contribution in [0.3, 0.4) is 0 Å². The van der Waals surface area contributed by atoms with Gasteiger partial charge in [0.05, 0.1) is 12.6 Å². The van der Waals surface area contributed by atoms with Crippen molar-refractivity contribution in [2.45, 2.75) is 32.0 Å². The number of aromatic nitrogens is 3. The molecular weight excluding hydrogens is 206 g/mol. The highest BCUT2D eigenvalue weighted by atomic mass is 16.2. The Hall–Kier alpha value is -1.43. The van der Waals surface area contributed by atoms with Crippen LogP contribution in [0, 0.1) is 0 Å². The zero-order valence-electron chi connectivity index (χ0n) is 9.09. The van der Waals surface area contributed by atoms with Crippen molar-refractivity contribution < 1.29 is 4.79 Å². The molecule has 1 N–H and O–H groups in total. The summed E-state index contributed by atoms with van der Waals surface area (Å²) >= 11 is 0. The van der Waals surface area contributed by atoms with Crippen LogP contribution in [-0.2, 0) is 17.9 Å². The maximum atomic E-state index is 12.1. The van der Waals surface area contributed by atoms with Gasteiger partial charge in [-0.15, -0.1) is 10.2 Å². The van der Waals surface area contributed by atoms with Gasteiger partial charge in [0.25, 0.3) is 0 Å². The normalized spacial score (nSPS) is 24.5. The van der Waals surface area contributed by atoms with Gasteiger partial charge >= 0.3 is 0 Å². The third-order valence-electron chi connectivity index (χ3n) is 3.31. The molecule has 0 bridgehead atoms. The number of hydrogen-bond acceptors (Lipinski definition) is 4. The summed E-state index contributed by atoms with van der Waals surface area (Å²) in [7, 11) is 0. The quantitative estimate of drug-likeness (QED) is 0.686. The number of nitrogens with one attached hydrogen (secondary N) is 1. The summed E-state index contributed by atoms with van der Waals surface area (Å²) in [6.07, 6.45) is 3.79. The number of carbonyl (C=O) groups is 1.